The van der Waals surface area contributed by atoms with Gasteiger partial charge < -0.3 is 20.1 Å². The summed E-state index contributed by atoms with van der Waals surface area (Å²) in [5, 5.41) is 5.50. The first-order valence-corrected chi connectivity index (χ1v) is 10.0. The molecule has 0 radical (unpaired) electrons. The Morgan fingerprint density at radius 3 is 2.37 bits per heavy atom. The van der Waals surface area contributed by atoms with Crippen LogP contribution in [0.1, 0.15) is 48.5 Å². The molecule has 30 heavy (non-hydrogen) atoms. The summed E-state index contributed by atoms with van der Waals surface area (Å²) in [5.41, 5.74) is 1.92. The number of rotatable bonds is 9. The highest BCUT2D eigenvalue weighted by Gasteiger charge is 2.25. The molecule has 2 amide bonds. The van der Waals surface area contributed by atoms with E-state index in [0.717, 1.165) is 12.8 Å². The van der Waals surface area contributed by atoms with Crippen molar-refractivity contribution in [2.75, 3.05) is 18.5 Å². The van der Waals surface area contributed by atoms with Crippen molar-refractivity contribution in [3.8, 4) is 5.75 Å². The number of hydrogen-bond acceptors (Lipinski definition) is 5. The normalized spacial score (nSPS) is 12.9. The number of nitrogens with one attached hydrogen (secondary N) is 2. The summed E-state index contributed by atoms with van der Waals surface area (Å²) in [4.78, 5) is 36.3. The van der Waals surface area contributed by atoms with Gasteiger partial charge >= 0.3 is 5.97 Å². The van der Waals surface area contributed by atoms with E-state index in [9.17, 15) is 14.4 Å². The molecule has 3 rings (SSSR count). The summed E-state index contributed by atoms with van der Waals surface area (Å²) in [7, 11) is 0. The van der Waals surface area contributed by atoms with Crippen LogP contribution in [0.15, 0.2) is 48.5 Å². The largest absolute Gasteiger partial charge is 0.482 e. The number of para-hydroxylation sites is 1. The molecule has 2 N–H and O–H groups in total. The van der Waals surface area contributed by atoms with Gasteiger partial charge in [0.2, 0.25) is 0 Å². The van der Waals surface area contributed by atoms with Crippen molar-refractivity contribution in [1.82, 2.24) is 5.32 Å². The van der Waals surface area contributed by atoms with E-state index in [1.54, 1.807) is 36.4 Å². The van der Waals surface area contributed by atoms with Crippen molar-refractivity contribution >= 4 is 23.5 Å². The maximum atomic E-state index is 12.3. The molecule has 0 unspecified atom stereocenters. The van der Waals surface area contributed by atoms with E-state index in [0.29, 0.717) is 22.9 Å². The lowest BCUT2D eigenvalue weighted by atomic mass is 10.0. The molecule has 0 aromatic heterocycles. The Morgan fingerprint density at radius 2 is 1.70 bits per heavy atom. The van der Waals surface area contributed by atoms with Crippen molar-refractivity contribution in [2.24, 2.45) is 0 Å². The Balaban J connectivity index is 1.44. The molecule has 1 fully saturated rings. The van der Waals surface area contributed by atoms with Crippen LogP contribution in [0.3, 0.4) is 0 Å². The lowest BCUT2D eigenvalue weighted by molar-refractivity contribution is -0.149. The Hall–Kier alpha value is -3.35. The molecule has 0 saturated heterocycles. The monoisotopic (exact) mass is 410 g/mol. The Bertz CT molecular complexity index is 904. The smallest absolute Gasteiger partial charge is 0.344 e. The molecule has 0 spiro atoms. The Kier molecular flexibility index (Phi) is 7.06. The average Bonchev–Trinajstić information content (AvgIpc) is 3.55. The fourth-order valence-corrected chi connectivity index (χ4v) is 2.75. The molecule has 1 saturated carbocycles. The van der Waals surface area contributed by atoms with Gasteiger partial charge in [0.1, 0.15) is 5.75 Å². The van der Waals surface area contributed by atoms with Crippen LogP contribution in [0.2, 0.25) is 0 Å². The van der Waals surface area contributed by atoms with E-state index in [2.05, 4.69) is 24.5 Å². The van der Waals surface area contributed by atoms with Gasteiger partial charge in [-0.3, -0.25) is 9.59 Å². The van der Waals surface area contributed by atoms with Crippen LogP contribution in [-0.2, 0) is 14.3 Å². The zero-order valence-electron chi connectivity index (χ0n) is 17.1. The van der Waals surface area contributed by atoms with Gasteiger partial charge in [0.05, 0.1) is 11.3 Å². The topological polar surface area (TPSA) is 93.7 Å². The van der Waals surface area contributed by atoms with Gasteiger partial charge in [-0.15, -0.1) is 0 Å². The van der Waals surface area contributed by atoms with Gasteiger partial charge in [0.25, 0.3) is 11.8 Å². The van der Waals surface area contributed by atoms with Crippen molar-refractivity contribution < 1.29 is 23.9 Å². The van der Waals surface area contributed by atoms with Gasteiger partial charge in [0, 0.05) is 6.04 Å². The maximum Gasteiger partial charge on any atom is 0.344 e. The lowest BCUT2D eigenvalue weighted by Gasteiger charge is -2.12. The molecule has 0 bridgehead atoms. The van der Waals surface area contributed by atoms with Gasteiger partial charge in [0.15, 0.2) is 13.2 Å². The maximum absolute atomic E-state index is 12.3. The predicted octanol–water partition coefficient (Wildman–Crippen LogP) is 3.26. The summed E-state index contributed by atoms with van der Waals surface area (Å²) in [6.07, 6.45) is 1.94. The quantitative estimate of drug-likeness (QED) is 0.619. The van der Waals surface area contributed by atoms with Gasteiger partial charge in [-0.2, -0.15) is 0 Å². The van der Waals surface area contributed by atoms with Gasteiger partial charge in [-0.25, -0.2) is 4.79 Å². The Morgan fingerprint density at radius 1 is 1.00 bits per heavy atom. The van der Waals surface area contributed by atoms with Crippen LogP contribution >= 0.6 is 0 Å². The molecule has 0 aliphatic heterocycles. The SMILES string of the molecule is CC(C)c1ccc(OCC(=O)OCC(=O)Nc2ccccc2C(=O)NC2CC2)cc1. The van der Waals surface area contributed by atoms with E-state index in [4.69, 9.17) is 9.47 Å². The number of carbonyl (C=O) groups is 3. The number of anilines is 1. The number of ether oxygens (including phenoxy) is 2. The summed E-state index contributed by atoms with van der Waals surface area (Å²) in [6, 6.07) is 14.4. The van der Waals surface area contributed by atoms with Crippen LogP contribution < -0.4 is 15.4 Å². The zero-order valence-corrected chi connectivity index (χ0v) is 17.1. The first-order valence-electron chi connectivity index (χ1n) is 10.0. The molecule has 1 aliphatic carbocycles. The number of esters is 1. The molecule has 7 heteroatoms. The summed E-state index contributed by atoms with van der Waals surface area (Å²) in [6.45, 7) is 3.42. The number of benzene rings is 2. The van der Waals surface area contributed by atoms with Crippen molar-refractivity contribution in [3.05, 3.63) is 59.7 Å². The average molecular weight is 410 g/mol. The summed E-state index contributed by atoms with van der Waals surface area (Å²) in [5.74, 6) is -0.458. The third-order valence-corrected chi connectivity index (χ3v) is 4.63. The van der Waals surface area contributed by atoms with E-state index in [1.807, 2.05) is 12.1 Å². The standard InChI is InChI=1S/C23H26N2O5/c1-15(2)16-7-11-18(12-8-16)29-14-22(27)30-13-21(26)25-20-6-4-3-5-19(20)23(28)24-17-9-10-17/h3-8,11-12,15,17H,9-10,13-14H2,1-2H3,(H,24,28)(H,25,26). The highest BCUT2D eigenvalue weighted by molar-refractivity contribution is 6.04. The van der Waals surface area contributed by atoms with Crippen molar-refractivity contribution in [1.29, 1.82) is 0 Å². The van der Waals surface area contributed by atoms with Crippen molar-refractivity contribution in [3.63, 3.8) is 0 Å². The fraction of sp³-hybridized carbons (Fsp3) is 0.348. The number of hydrogen-bond donors (Lipinski definition) is 2. The molecule has 0 atom stereocenters. The first kappa shape index (κ1) is 21.4. The minimum atomic E-state index is -0.655. The molecule has 158 valence electrons. The Labute approximate surface area is 175 Å². The molecule has 0 heterocycles. The highest BCUT2D eigenvalue weighted by Crippen LogP contribution is 2.21. The number of carbonyl (C=O) groups excluding carboxylic acids is 3. The van der Waals surface area contributed by atoms with Crippen molar-refractivity contribution in [2.45, 2.75) is 38.6 Å². The second-order valence-electron chi connectivity index (χ2n) is 7.51. The van der Waals surface area contributed by atoms with E-state index >= 15 is 0 Å². The molecule has 2 aromatic rings. The van der Waals surface area contributed by atoms with E-state index in [1.165, 1.54) is 5.56 Å². The third kappa shape index (κ3) is 6.34. The minimum absolute atomic E-state index is 0.212. The number of amides is 2. The van der Waals surface area contributed by atoms with Gasteiger partial charge in [-0.05, 0) is 48.6 Å². The molecule has 7 nitrogen and oxygen atoms in total. The van der Waals surface area contributed by atoms with E-state index < -0.39 is 18.5 Å². The van der Waals surface area contributed by atoms with E-state index in [-0.39, 0.29) is 18.6 Å². The fourth-order valence-electron chi connectivity index (χ4n) is 2.75. The molecular weight excluding hydrogens is 384 g/mol. The molecule has 2 aromatic carbocycles. The third-order valence-electron chi connectivity index (χ3n) is 4.63. The highest BCUT2D eigenvalue weighted by atomic mass is 16.6. The van der Waals surface area contributed by atoms with Crippen LogP contribution in [0, 0.1) is 0 Å². The molecular formula is C23H26N2O5. The van der Waals surface area contributed by atoms with Crippen LogP contribution in [0.4, 0.5) is 5.69 Å². The second kappa shape index (κ2) is 9.91. The summed E-state index contributed by atoms with van der Waals surface area (Å²) >= 11 is 0. The minimum Gasteiger partial charge on any atom is -0.482 e. The van der Waals surface area contributed by atoms with Crippen LogP contribution in [0.25, 0.3) is 0 Å². The second-order valence-corrected chi connectivity index (χ2v) is 7.51. The lowest BCUT2D eigenvalue weighted by Crippen LogP contribution is -2.28. The van der Waals surface area contributed by atoms with Gasteiger partial charge in [-0.1, -0.05) is 38.1 Å². The first-order chi connectivity index (χ1) is 14.4. The predicted molar refractivity (Wildman–Crippen MR) is 113 cm³/mol. The van der Waals surface area contributed by atoms with Crippen LogP contribution in [0.5, 0.6) is 5.75 Å². The zero-order chi connectivity index (χ0) is 21.5. The van der Waals surface area contributed by atoms with Crippen LogP contribution in [-0.4, -0.2) is 37.0 Å². The molecule has 1 aliphatic rings. The summed E-state index contributed by atoms with van der Waals surface area (Å²) < 4.78 is 10.3.